The summed E-state index contributed by atoms with van der Waals surface area (Å²) in [5.74, 6) is 0.783. The molecule has 0 amide bonds. The zero-order chi connectivity index (χ0) is 27.2. The summed E-state index contributed by atoms with van der Waals surface area (Å²) < 4.78 is 5.92. The molecule has 10 heteroatoms. The Labute approximate surface area is 239 Å². The van der Waals surface area contributed by atoms with E-state index in [0.717, 1.165) is 48.9 Å². The lowest BCUT2D eigenvalue weighted by molar-refractivity contribution is -0.155. The highest BCUT2D eigenvalue weighted by molar-refractivity contribution is 6.36. The quantitative estimate of drug-likeness (QED) is 0.213. The predicted octanol–water partition coefficient (Wildman–Crippen LogP) is 5.13. The highest BCUT2D eigenvalue weighted by Gasteiger charge is 2.30. The summed E-state index contributed by atoms with van der Waals surface area (Å²) in [6, 6.07) is 13.9. The highest BCUT2D eigenvalue weighted by atomic mass is 35.5. The van der Waals surface area contributed by atoms with E-state index in [-0.39, 0.29) is 12.1 Å². The van der Waals surface area contributed by atoms with Crippen molar-refractivity contribution in [3.63, 3.8) is 0 Å². The second-order valence-corrected chi connectivity index (χ2v) is 11.2. The Kier molecular flexibility index (Phi) is 9.55. The van der Waals surface area contributed by atoms with Crippen LogP contribution >= 0.6 is 23.2 Å². The van der Waals surface area contributed by atoms with Gasteiger partial charge >= 0.3 is 0 Å². The first-order valence-electron chi connectivity index (χ1n) is 13.6. The van der Waals surface area contributed by atoms with E-state index in [1.807, 2.05) is 18.2 Å². The number of nitrogens with two attached hydrogens (primary N) is 1. The minimum Gasteiger partial charge on any atom is -0.381 e. The van der Waals surface area contributed by atoms with E-state index < -0.39 is 6.29 Å². The third-order valence-corrected chi connectivity index (χ3v) is 8.24. The summed E-state index contributed by atoms with van der Waals surface area (Å²) in [6.45, 7) is 1.94. The van der Waals surface area contributed by atoms with Crippen molar-refractivity contribution in [3.8, 4) is 11.3 Å². The minimum absolute atomic E-state index is 0.0557. The second kappa shape index (κ2) is 13.3. The van der Waals surface area contributed by atoms with Gasteiger partial charge in [-0.3, -0.25) is 0 Å². The molecule has 5 rings (SSSR count). The number of aliphatic hydroxyl groups excluding tert-OH is 1. The number of nitrogen functional groups attached to an aromatic ring is 1. The van der Waals surface area contributed by atoms with E-state index >= 15 is 0 Å². The van der Waals surface area contributed by atoms with Crippen molar-refractivity contribution >= 4 is 34.8 Å². The average molecular weight is 572 g/mol. The number of anilines is 2. The van der Waals surface area contributed by atoms with Crippen molar-refractivity contribution in [1.82, 2.24) is 20.6 Å². The third-order valence-electron chi connectivity index (χ3n) is 7.53. The van der Waals surface area contributed by atoms with Gasteiger partial charge in [0.2, 0.25) is 0 Å². The summed E-state index contributed by atoms with van der Waals surface area (Å²) in [4.78, 5) is 9.08. The molecular formula is C29H36Cl2N6O2. The summed E-state index contributed by atoms with van der Waals surface area (Å²) in [5.41, 5.74) is 9.68. The number of benzene rings is 2. The topological polar surface area (TPSA) is 117 Å². The predicted molar refractivity (Wildman–Crippen MR) is 157 cm³/mol. The smallest absolute Gasteiger partial charge is 0.170 e. The molecule has 208 valence electrons. The number of aliphatic hydroxyl groups is 1. The molecule has 2 heterocycles. The lowest BCUT2D eigenvalue weighted by atomic mass is 9.98. The van der Waals surface area contributed by atoms with Crippen molar-refractivity contribution in [1.29, 1.82) is 0 Å². The molecule has 1 aromatic heterocycles. The minimum atomic E-state index is -0.762. The molecule has 2 unspecified atom stereocenters. The van der Waals surface area contributed by atoms with Crippen LogP contribution in [0.15, 0.2) is 48.7 Å². The number of nitrogens with zero attached hydrogens (tertiary/aromatic N) is 2. The van der Waals surface area contributed by atoms with Crippen LogP contribution in [0.2, 0.25) is 10.0 Å². The maximum absolute atomic E-state index is 10.6. The van der Waals surface area contributed by atoms with E-state index in [2.05, 4.69) is 33.1 Å². The second-order valence-electron chi connectivity index (χ2n) is 10.3. The van der Waals surface area contributed by atoms with Crippen molar-refractivity contribution in [2.24, 2.45) is 0 Å². The van der Waals surface area contributed by atoms with Crippen LogP contribution < -0.4 is 21.7 Å². The molecule has 3 atom stereocenters. The van der Waals surface area contributed by atoms with Crippen molar-refractivity contribution in [3.05, 3.63) is 69.8 Å². The Balaban J connectivity index is 1.19. The summed E-state index contributed by atoms with van der Waals surface area (Å²) in [6.07, 6.45) is 7.41. The maximum atomic E-state index is 10.6. The Hall–Kier alpha value is -2.46. The summed E-state index contributed by atoms with van der Waals surface area (Å²) in [5, 5.41) is 22.1. The average Bonchev–Trinajstić information content (AvgIpc) is 3.46. The number of ether oxygens (including phenoxy) is 1. The van der Waals surface area contributed by atoms with Gasteiger partial charge in [0.15, 0.2) is 17.9 Å². The zero-order valence-corrected chi connectivity index (χ0v) is 23.4. The van der Waals surface area contributed by atoms with Crippen LogP contribution in [0, 0.1) is 0 Å². The number of halogens is 2. The number of nitrogens with one attached hydrogen (secondary N) is 3. The highest BCUT2D eigenvalue weighted by Crippen LogP contribution is 2.28. The molecule has 6 N–H and O–H groups in total. The number of hydrogen-bond acceptors (Lipinski definition) is 8. The van der Waals surface area contributed by atoms with Gasteiger partial charge in [-0.15, -0.1) is 0 Å². The van der Waals surface area contributed by atoms with Gasteiger partial charge in [0.1, 0.15) is 0 Å². The van der Waals surface area contributed by atoms with Gasteiger partial charge in [-0.25, -0.2) is 9.97 Å². The van der Waals surface area contributed by atoms with Crippen LogP contribution in [0.1, 0.15) is 49.7 Å². The Morgan fingerprint density at radius 2 is 1.85 bits per heavy atom. The van der Waals surface area contributed by atoms with Gasteiger partial charge in [-0.1, -0.05) is 60.3 Å². The monoisotopic (exact) mass is 570 g/mol. The SMILES string of the molecule is Nc1ncc(-c2cccc(CNC3CCN[C@@H](C(O)OC4CCCC4)C3)c2)nc1NCc1c(Cl)cccc1Cl. The van der Waals surface area contributed by atoms with Gasteiger partial charge in [-0.2, -0.15) is 0 Å². The van der Waals surface area contributed by atoms with Crippen LogP contribution in [-0.4, -0.2) is 46.1 Å². The van der Waals surface area contributed by atoms with Gasteiger partial charge in [0.25, 0.3) is 0 Å². The van der Waals surface area contributed by atoms with Crippen molar-refractivity contribution < 1.29 is 9.84 Å². The van der Waals surface area contributed by atoms with Gasteiger partial charge in [0, 0.05) is 40.3 Å². The standard InChI is InChI=1S/C29H36Cl2N6O2/c30-23-9-4-10-24(31)22(23)16-36-28-27(32)35-17-26(37-28)19-6-3-5-18(13-19)15-34-20-11-12-33-25(14-20)29(38)39-21-7-1-2-8-21/h3-6,9-10,13,17,20-21,25,29,33-34,38H,1-2,7-8,11-12,14-16H2,(H2,32,35)(H,36,37)/t20?,25-,29?/m1/s1. The lowest BCUT2D eigenvalue weighted by Gasteiger charge is -2.34. The van der Waals surface area contributed by atoms with Crippen LogP contribution in [0.3, 0.4) is 0 Å². The van der Waals surface area contributed by atoms with Crippen LogP contribution in [-0.2, 0) is 17.8 Å². The first kappa shape index (κ1) is 28.1. The Bertz CT molecular complexity index is 1240. The molecular weight excluding hydrogens is 535 g/mol. The van der Waals surface area contributed by atoms with Crippen molar-refractivity contribution in [2.75, 3.05) is 17.6 Å². The lowest BCUT2D eigenvalue weighted by Crippen LogP contribution is -2.52. The van der Waals surface area contributed by atoms with E-state index in [0.29, 0.717) is 46.5 Å². The molecule has 2 aromatic carbocycles. The molecule has 39 heavy (non-hydrogen) atoms. The summed E-state index contributed by atoms with van der Waals surface area (Å²) >= 11 is 12.6. The molecule has 0 spiro atoms. The summed E-state index contributed by atoms with van der Waals surface area (Å²) in [7, 11) is 0. The maximum Gasteiger partial charge on any atom is 0.170 e. The Morgan fingerprint density at radius 3 is 2.64 bits per heavy atom. The Morgan fingerprint density at radius 1 is 1.08 bits per heavy atom. The van der Waals surface area contributed by atoms with Crippen LogP contribution in [0.25, 0.3) is 11.3 Å². The molecule has 2 fully saturated rings. The fraction of sp³-hybridized carbons (Fsp3) is 0.448. The fourth-order valence-corrected chi connectivity index (χ4v) is 5.84. The van der Waals surface area contributed by atoms with Gasteiger partial charge in [0.05, 0.1) is 24.0 Å². The number of piperidine rings is 1. The molecule has 8 nitrogen and oxygen atoms in total. The molecule has 1 aliphatic heterocycles. The molecule has 2 aliphatic rings. The van der Waals surface area contributed by atoms with E-state index in [9.17, 15) is 5.11 Å². The number of rotatable bonds is 10. The molecule has 0 bridgehead atoms. The normalized spacial score (nSPS) is 20.7. The fourth-order valence-electron chi connectivity index (χ4n) is 5.31. The van der Waals surface area contributed by atoms with Gasteiger partial charge in [-0.05, 0) is 56.0 Å². The molecule has 0 radical (unpaired) electrons. The molecule has 3 aromatic rings. The van der Waals surface area contributed by atoms with Crippen LogP contribution in [0.5, 0.6) is 0 Å². The third kappa shape index (κ3) is 7.39. The molecule has 1 aliphatic carbocycles. The zero-order valence-electron chi connectivity index (χ0n) is 21.9. The van der Waals surface area contributed by atoms with E-state index in [4.69, 9.17) is 38.7 Å². The first-order chi connectivity index (χ1) is 19.0. The van der Waals surface area contributed by atoms with Gasteiger partial charge < -0.3 is 31.5 Å². The number of aromatic nitrogens is 2. The number of hydrogen-bond donors (Lipinski definition) is 5. The molecule has 1 saturated heterocycles. The van der Waals surface area contributed by atoms with E-state index in [1.54, 1.807) is 18.3 Å². The van der Waals surface area contributed by atoms with Crippen LogP contribution in [0.4, 0.5) is 11.6 Å². The largest absolute Gasteiger partial charge is 0.381 e. The van der Waals surface area contributed by atoms with Crippen molar-refractivity contribution in [2.45, 2.75) is 76.1 Å². The molecule has 1 saturated carbocycles. The first-order valence-corrected chi connectivity index (χ1v) is 14.4. The van der Waals surface area contributed by atoms with E-state index in [1.165, 1.54) is 12.8 Å².